The molecule has 0 spiro atoms. The van der Waals surface area contributed by atoms with Gasteiger partial charge in [-0.1, -0.05) is 28.1 Å². The summed E-state index contributed by atoms with van der Waals surface area (Å²) < 4.78 is 13.8. The zero-order chi connectivity index (χ0) is 16.2. The van der Waals surface area contributed by atoms with Crippen LogP contribution < -0.4 is 10.6 Å². The lowest BCUT2D eigenvalue weighted by Crippen LogP contribution is -2.19. The van der Waals surface area contributed by atoms with Crippen molar-refractivity contribution in [3.63, 3.8) is 0 Å². The fraction of sp³-hybridized carbons (Fsp3) is 0. The standard InChI is InChI=1S/C16H11BrFN3OS/c17-11-3-1-10(2-4-11)14-9-23-16(20-14)21-15(22)19-13-7-5-12(18)6-8-13/h1-9H,(H2,19,20,21,22). The van der Waals surface area contributed by atoms with Gasteiger partial charge in [0, 0.05) is 21.1 Å². The van der Waals surface area contributed by atoms with Crippen molar-refractivity contribution in [2.75, 3.05) is 10.6 Å². The molecule has 0 unspecified atom stereocenters. The van der Waals surface area contributed by atoms with Crippen LogP contribution in [0, 0.1) is 5.82 Å². The smallest absolute Gasteiger partial charge is 0.308 e. The zero-order valence-corrected chi connectivity index (χ0v) is 14.1. The van der Waals surface area contributed by atoms with Gasteiger partial charge in [-0.15, -0.1) is 11.3 Å². The Morgan fingerprint density at radius 2 is 1.74 bits per heavy atom. The molecule has 0 saturated heterocycles. The second-order valence-electron chi connectivity index (χ2n) is 4.63. The Morgan fingerprint density at radius 3 is 2.43 bits per heavy atom. The summed E-state index contributed by atoms with van der Waals surface area (Å²) in [5.41, 5.74) is 2.27. The molecule has 2 N–H and O–H groups in total. The molecule has 7 heteroatoms. The van der Waals surface area contributed by atoms with Crippen LogP contribution in [0.3, 0.4) is 0 Å². The largest absolute Gasteiger partial charge is 0.325 e. The van der Waals surface area contributed by atoms with Gasteiger partial charge in [0.1, 0.15) is 5.82 Å². The van der Waals surface area contributed by atoms with Crippen molar-refractivity contribution >= 4 is 44.1 Å². The molecular weight excluding hydrogens is 381 g/mol. The number of hydrogen-bond acceptors (Lipinski definition) is 3. The van der Waals surface area contributed by atoms with Gasteiger partial charge in [-0.05, 0) is 36.4 Å². The summed E-state index contributed by atoms with van der Waals surface area (Å²) in [4.78, 5) is 16.3. The van der Waals surface area contributed by atoms with Crippen molar-refractivity contribution in [2.45, 2.75) is 0 Å². The highest BCUT2D eigenvalue weighted by atomic mass is 79.9. The monoisotopic (exact) mass is 391 g/mol. The Hall–Kier alpha value is -2.25. The molecule has 3 aromatic rings. The van der Waals surface area contributed by atoms with Crippen LogP contribution in [-0.2, 0) is 0 Å². The average Bonchev–Trinajstić information content (AvgIpc) is 2.98. The molecule has 23 heavy (non-hydrogen) atoms. The number of halogens is 2. The minimum atomic E-state index is -0.423. The number of urea groups is 1. The van der Waals surface area contributed by atoms with E-state index < -0.39 is 6.03 Å². The van der Waals surface area contributed by atoms with E-state index in [1.54, 1.807) is 0 Å². The third-order valence-electron chi connectivity index (χ3n) is 2.97. The molecule has 0 bridgehead atoms. The summed E-state index contributed by atoms with van der Waals surface area (Å²) in [6.45, 7) is 0. The number of amides is 2. The number of nitrogens with one attached hydrogen (secondary N) is 2. The van der Waals surface area contributed by atoms with Crippen LogP contribution >= 0.6 is 27.3 Å². The minimum Gasteiger partial charge on any atom is -0.308 e. The molecule has 2 amide bonds. The molecule has 0 aliphatic carbocycles. The lowest BCUT2D eigenvalue weighted by Gasteiger charge is -2.05. The van der Waals surface area contributed by atoms with Crippen molar-refractivity contribution in [2.24, 2.45) is 0 Å². The van der Waals surface area contributed by atoms with E-state index in [0.717, 1.165) is 15.7 Å². The quantitative estimate of drug-likeness (QED) is 0.631. The Bertz CT molecular complexity index is 818. The first-order valence-corrected chi connectivity index (χ1v) is 8.32. The molecule has 0 saturated carbocycles. The molecule has 0 aliphatic rings. The van der Waals surface area contributed by atoms with Gasteiger partial charge in [0.15, 0.2) is 5.13 Å². The molecule has 4 nitrogen and oxygen atoms in total. The number of rotatable bonds is 3. The van der Waals surface area contributed by atoms with Gasteiger partial charge in [-0.3, -0.25) is 5.32 Å². The lowest BCUT2D eigenvalue weighted by molar-refractivity contribution is 0.262. The summed E-state index contributed by atoms with van der Waals surface area (Å²) in [6, 6.07) is 12.9. The summed E-state index contributed by atoms with van der Waals surface area (Å²) in [5, 5.41) is 7.64. The maximum Gasteiger partial charge on any atom is 0.325 e. The molecule has 0 fully saturated rings. The molecule has 0 aliphatic heterocycles. The summed E-state index contributed by atoms with van der Waals surface area (Å²) in [5.74, 6) is -0.352. The Kier molecular flexibility index (Phi) is 4.68. The van der Waals surface area contributed by atoms with Crippen LogP contribution in [0.4, 0.5) is 20.0 Å². The zero-order valence-electron chi connectivity index (χ0n) is 11.7. The second-order valence-corrected chi connectivity index (χ2v) is 6.40. The number of anilines is 2. The third kappa shape index (κ3) is 4.14. The van der Waals surface area contributed by atoms with Crippen LogP contribution in [0.25, 0.3) is 11.3 Å². The number of carbonyl (C=O) groups excluding carboxylic acids is 1. The van der Waals surface area contributed by atoms with Gasteiger partial charge < -0.3 is 5.32 Å². The predicted molar refractivity (Wildman–Crippen MR) is 94.3 cm³/mol. The topological polar surface area (TPSA) is 54.0 Å². The summed E-state index contributed by atoms with van der Waals surface area (Å²) >= 11 is 4.72. The summed E-state index contributed by atoms with van der Waals surface area (Å²) in [6.07, 6.45) is 0. The number of nitrogens with zero attached hydrogens (tertiary/aromatic N) is 1. The number of benzene rings is 2. The van der Waals surface area contributed by atoms with Crippen molar-refractivity contribution in [1.82, 2.24) is 4.98 Å². The fourth-order valence-corrected chi connectivity index (χ4v) is 2.86. The highest BCUT2D eigenvalue weighted by Crippen LogP contribution is 2.26. The predicted octanol–water partition coefficient (Wildman–Crippen LogP) is 5.36. The van der Waals surface area contributed by atoms with E-state index in [1.807, 2.05) is 29.6 Å². The first kappa shape index (κ1) is 15.6. The molecule has 1 aromatic heterocycles. The number of aromatic nitrogens is 1. The highest BCUT2D eigenvalue weighted by Gasteiger charge is 2.08. The Morgan fingerprint density at radius 1 is 1.04 bits per heavy atom. The molecule has 0 radical (unpaired) electrons. The molecule has 1 heterocycles. The van der Waals surface area contributed by atoms with Gasteiger partial charge >= 0.3 is 6.03 Å². The van der Waals surface area contributed by atoms with E-state index in [2.05, 4.69) is 31.5 Å². The third-order valence-corrected chi connectivity index (χ3v) is 4.25. The van der Waals surface area contributed by atoms with Crippen LogP contribution in [0.5, 0.6) is 0 Å². The van der Waals surface area contributed by atoms with Gasteiger partial charge in [0.25, 0.3) is 0 Å². The van der Waals surface area contributed by atoms with Crippen molar-refractivity contribution in [1.29, 1.82) is 0 Å². The SMILES string of the molecule is O=C(Nc1ccc(F)cc1)Nc1nc(-c2ccc(Br)cc2)cs1. The van der Waals surface area contributed by atoms with Crippen molar-refractivity contribution in [3.05, 3.63) is 64.2 Å². The van der Waals surface area contributed by atoms with Gasteiger partial charge in [0.2, 0.25) is 0 Å². The summed E-state index contributed by atoms with van der Waals surface area (Å²) in [7, 11) is 0. The normalized spacial score (nSPS) is 10.3. The number of hydrogen-bond donors (Lipinski definition) is 2. The van der Waals surface area contributed by atoms with E-state index in [1.165, 1.54) is 35.6 Å². The van der Waals surface area contributed by atoms with Crippen molar-refractivity contribution < 1.29 is 9.18 Å². The first-order chi connectivity index (χ1) is 11.1. The van der Waals surface area contributed by atoms with Crippen LogP contribution in [0.2, 0.25) is 0 Å². The highest BCUT2D eigenvalue weighted by molar-refractivity contribution is 9.10. The van der Waals surface area contributed by atoms with E-state index in [0.29, 0.717) is 10.8 Å². The Balaban J connectivity index is 1.65. The van der Waals surface area contributed by atoms with Crippen LogP contribution in [-0.4, -0.2) is 11.0 Å². The number of thiazole rings is 1. The first-order valence-electron chi connectivity index (χ1n) is 6.65. The van der Waals surface area contributed by atoms with Gasteiger partial charge in [0.05, 0.1) is 5.69 Å². The van der Waals surface area contributed by atoms with Crippen LogP contribution in [0.15, 0.2) is 58.4 Å². The maximum absolute atomic E-state index is 12.8. The molecule has 2 aromatic carbocycles. The Labute approximate surface area is 144 Å². The lowest BCUT2D eigenvalue weighted by atomic mass is 10.2. The molecule has 0 atom stereocenters. The number of carbonyl (C=O) groups is 1. The van der Waals surface area contributed by atoms with E-state index in [-0.39, 0.29) is 5.82 Å². The average molecular weight is 392 g/mol. The minimum absolute atomic E-state index is 0.352. The molecule has 3 rings (SSSR count). The van der Waals surface area contributed by atoms with Gasteiger partial charge in [-0.2, -0.15) is 0 Å². The van der Waals surface area contributed by atoms with Crippen molar-refractivity contribution in [3.8, 4) is 11.3 Å². The van der Waals surface area contributed by atoms with E-state index in [9.17, 15) is 9.18 Å². The molecule has 116 valence electrons. The van der Waals surface area contributed by atoms with E-state index in [4.69, 9.17) is 0 Å². The second kappa shape index (κ2) is 6.89. The van der Waals surface area contributed by atoms with E-state index >= 15 is 0 Å². The van der Waals surface area contributed by atoms with Crippen LogP contribution in [0.1, 0.15) is 0 Å². The maximum atomic E-state index is 12.8. The molecular formula is C16H11BrFN3OS. The fourth-order valence-electron chi connectivity index (χ4n) is 1.88. The van der Waals surface area contributed by atoms with Gasteiger partial charge in [-0.25, -0.2) is 14.2 Å².